The maximum absolute atomic E-state index is 4.96. The van der Waals surface area contributed by atoms with Crippen LogP contribution in [0.5, 0.6) is 0 Å². The first-order valence-electron chi connectivity index (χ1n) is 8.72. The summed E-state index contributed by atoms with van der Waals surface area (Å²) < 4.78 is 0. The molecule has 4 heteroatoms. The van der Waals surface area contributed by atoms with Crippen molar-refractivity contribution in [3.8, 4) is 0 Å². The summed E-state index contributed by atoms with van der Waals surface area (Å²) in [5.74, 6) is 0.932. The van der Waals surface area contributed by atoms with Crippen molar-refractivity contribution >= 4 is 16.5 Å². The Hall–Kier alpha value is -0.610. The molecule has 1 aliphatic heterocycles. The Labute approximate surface area is 134 Å². The smallest absolute Gasteiger partial charge is 0.185 e. The molecular weight excluding hydrogens is 278 g/mol. The SMILES string of the molecule is CCCNCc1sc(N2CCC(CC)CC2)nc1CCC. The van der Waals surface area contributed by atoms with Crippen molar-refractivity contribution < 1.29 is 0 Å². The van der Waals surface area contributed by atoms with Crippen molar-refractivity contribution in [3.63, 3.8) is 0 Å². The van der Waals surface area contributed by atoms with Crippen LogP contribution >= 0.6 is 11.3 Å². The van der Waals surface area contributed by atoms with Gasteiger partial charge in [0.05, 0.1) is 5.69 Å². The van der Waals surface area contributed by atoms with Crippen LogP contribution in [0.1, 0.15) is 63.4 Å². The second kappa shape index (κ2) is 8.74. The number of nitrogens with zero attached hydrogens (tertiary/aromatic N) is 2. The van der Waals surface area contributed by atoms with E-state index >= 15 is 0 Å². The Kier molecular flexibility index (Phi) is 6.97. The van der Waals surface area contributed by atoms with Gasteiger partial charge in [0.1, 0.15) is 0 Å². The highest BCUT2D eigenvalue weighted by Gasteiger charge is 2.21. The first-order chi connectivity index (χ1) is 10.3. The number of thiazole rings is 1. The van der Waals surface area contributed by atoms with E-state index in [0.717, 1.165) is 25.4 Å². The zero-order chi connectivity index (χ0) is 15.1. The largest absolute Gasteiger partial charge is 0.348 e. The van der Waals surface area contributed by atoms with Gasteiger partial charge in [0, 0.05) is 24.5 Å². The summed E-state index contributed by atoms with van der Waals surface area (Å²) in [6, 6.07) is 0. The van der Waals surface area contributed by atoms with Crippen molar-refractivity contribution in [2.75, 3.05) is 24.5 Å². The summed E-state index contributed by atoms with van der Waals surface area (Å²) in [6.07, 6.45) is 7.50. The van der Waals surface area contributed by atoms with E-state index < -0.39 is 0 Å². The van der Waals surface area contributed by atoms with Crippen LogP contribution in [-0.4, -0.2) is 24.6 Å². The molecule has 2 rings (SSSR count). The molecule has 0 amide bonds. The lowest BCUT2D eigenvalue weighted by molar-refractivity contribution is 0.395. The van der Waals surface area contributed by atoms with Gasteiger partial charge >= 0.3 is 0 Å². The predicted molar refractivity (Wildman–Crippen MR) is 93.3 cm³/mol. The van der Waals surface area contributed by atoms with Gasteiger partial charge in [-0.2, -0.15) is 0 Å². The Balaban J connectivity index is 2.00. The molecule has 1 aliphatic rings. The molecule has 0 radical (unpaired) electrons. The molecule has 3 nitrogen and oxygen atoms in total. The summed E-state index contributed by atoms with van der Waals surface area (Å²) in [7, 11) is 0. The van der Waals surface area contributed by atoms with Gasteiger partial charge in [-0.25, -0.2) is 4.98 Å². The minimum absolute atomic E-state index is 0.932. The zero-order valence-corrected chi connectivity index (χ0v) is 14.8. The number of anilines is 1. The summed E-state index contributed by atoms with van der Waals surface area (Å²) in [5, 5.41) is 4.80. The Morgan fingerprint density at radius 3 is 2.57 bits per heavy atom. The lowest BCUT2D eigenvalue weighted by Crippen LogP contribution is -2.33. The lowest BCUT2D eigenvalue weighted by Gasteiger charge is -2.31. The van der Waals surface area contributed by atoms with Crippen LogP contribution in [0.4, 0.5) is 5.13 Å². The quantitative estimate of drug-likeness (QED) is 0.729. The minimum Gasteiger partial charge on any atom is -0.348 e. The third kappa shape index (κ3) is 4.68. The highest BCUT2D eigenvalue weighted by Crippen LogP contribution is 2.31. The second-order valence-electron chi connectivity index (χ2n) is 6.13. The van der Waals surface area contributed by atoms with E-state index in [0.29, 0.717) is 0 Å². The molecule has 0 saturated carbocycles. The maximum atomic E-state index is 4.96. The third-order valence-corrected chi connectivity index (χ3v) is 5.59. The van der Waals surface area contributed by atoms with E-state index in [4.69, 9.17) is 4.98 Å². The monoisotopic (exact) mass is 309 g/mol. The van der Waals surface area contributed by atoms with Crippen LogP contribution in [0.25, 0.3) is 0 Å². The molecule has 21 heavy (non-hydrogen) atoms. The highest BCUT2D eigenvalue weighted by molar-refractivity contribution is 7.15. The third-order valence-electron chi connectivity index (χ3n) is 4.43. The molecule has 1 N–H and O–H groups in total. The van der Waals surface area contributed by atoms with Crippen molar-refractivity contribution in [2.45, 2.75) is 65.8 Å². The zero-order valence-electron chi connectivity index (χ0n) is 14.0. The first kappa shape index (κ1) is 16.8. The van der Waals surface area contributed by atoms with E-state index in [2.05, 4.69) is 31.0 Å². The standard InChI is InChI=1S/C17H31N3S/c1-4-7-15-16(13-18-10-5-2)21-17(19-15)20-11-8-14(6-3)9-12-20/h14,18H,4-13H2,1-3H3. The van der Waals surface area contributed by atoms with Crippen molar-refractivity contribution in [1.29, 1.82) is 0 Å². The first-order valence-corrected chi connectivity index (χ1v) is 9.54. The second-order valence-corrected chi connectivity index (χ2v) is 7.19. The number of hydrogen-bond donors (Lipinski definition) is 1. The van der Waals surface area contributed by atoms with Crippen molar-refractivity contribution in [1.82, 2.24) is 10.3 Å². The number of aryl methyl sites for hydroxylation is 1. The molecule has 120 valence electrons. The molecule has 0 unspecified atom stereocenters. The normalized spacial score (nSPS) is 16.6. The van der Waals surface area contributed by atoms with Gasteiger partial charge in [0.15, 0.2) is 5.13 Å². The van der Waals surface area contributed by atoms with E-state index in [1.54, 1.807) is 0 Å². The fourth-order valence-corrected chi connectivity index (χ4v) is 4.11. The van der Waals surface area contributed by atoms with Gasteiger partial charge in [-0.15, -0.1) is 11.3 Å². The molecule has 0 atom stereocenters. The van der Waals surface area contributed by atoms with Gasteiger partial charge in [-0.3, -0.25) is 0 Å². The van der Waals surface area contributed by atoms with Crippen LogP contribution < -0.4 is 10.2 Å². The number of piperidine rings is 1. The molecular formula is C17H31N3S. The van der Waals surface area contributed by atoms with Gasteiger partial charge < -0.3 is 10.2 Å². The molecule has 0 aliphatic carbocycles. The van der Waals surface area contributed by atoms with Crippen LogP contribution in [0.2, 0.25) is 0 Å². The topological polar surface area (TPSA) is 28.2 Å². The Bertz CT molecular complexity index is 408. The van der Waals surface area contributed by atoms with Gasteiger partial charge in [0.25, 0.3) is 0 Å². The van der Waals surface area contributed by atoms with Crippen LogP contribution in [0, 0.1) is 5.92 Å². The van der Waals surface area contributed by atoms with Gasteiger partial charge in [-0.05, 0) is 38.1 Å². The Morgan fingerprint density at radius 2 is 1.95 bits per heavy atom. The van der Waals surface area contributed by atoms with Crippen molar-refractivity contribution in [3.05, 3.63) is 10.6 Å². The molecule has 1 saturated heterocycles. The summed E-state index contributed by atoms with van der Waals surface area (Å²) in [6.45, 7) is 11.3. The number of nitrogens with one attached hydrogen (secondary N) is 1. The average molecular weight is 310 g/mol. The fraction of sp³-hybridized carbons (Fsp3) is 0.824. The van der Waals surface area contributed by atoms with Crippen LogP contribution in [0.15, 0.2) is 0 Å². The van der Waals surface area contributed by atoms with E-state index in [1.807, 2.05) is 11.3 Å². The van der Waals surface area contributed by atoms with Crippen molar-refractivity contribution in [2.24, 2.45) is 5.92 Å². The fourth-order valence-electron chi connectivity index (χ4n) is 2.99. The molecule has 0 bridgehead atoms. The van der Waals surface area contributed by atoms with E-state index in [-0.39, 0.29) is 0 Å². The van der Waals surface area contributed by atoms with E-state index in [9.17, 15) is 0 Å². The predicted octanol–water partition coefficient (Wildman–Crippen LogP) is 4.22. The number of rotatable bonds is 8. The molecule has 0 spiro atoms. The molecule has 1 aromatic rings. The molecule has 2 heterocycles. The summed E-state index contributed by atoms with van der Waals surface area (Å²) >= 11 is 1.92. The summed E-state index contributed by atoms with van der Waals surface area (Å²) in [5.41, 5.74) is 1.33. The molecule has 1 aromatic heterocycles. The average Bonchev–Trinajstić information content (AvgIpc) is 2.91. The maximum Gasteiger partial charge on any atom is 0.185 e. The molecule has 1 fully saturated rings. The van der Waals surface area contributed by atoms with E-state index in [1.165, 1.54) is 60.9 Å². The lowest BCUT2D eigenvalue weighted by atomic mass is 9.95. The van der Waals surface area contributed by atoms with Crippen LogP contribution in [0.3, 0.4) is 0 Å². The molecule has 0 aromatic carbocycles. The highest BCUT2D eigenvalue weighted by atomic mass is 32.1. The van der Waals surface area contributed by atoms with Crippen LogP contribution in [-0.2, 0) is 13.0 Å². The summed E-state index contributed by atoms with van der Waals surface area (Å²) in [4.78, 5) is 8.93. The number of aromatic nitrogens is 1. The Morgan fingerprint density at radius 1 is 1.19 bits per heavy atom. The van der Waals surface area contributed by atoms with Gasteiger partial charge in [0.2, 0.25) is 0 Å². The minimum atomic E-state index is 0.932. The van der Waals surface area contributed by atoms with Gasteiger partial charge in [-0.1, -0.05) is 33.6 Å². The number of hydrogen-bond acceptors (Lipinski definition) is 4.